The molecule has 0 fully saturated rings. The van der Waals surface area contributed by atoms with Gasteiger partial charge in [-0.1, -0.05) is 51.9 Å². The lowest BCUT2D eigenvalue weighted by atomic mass is 10.1. The first-order chi connectivity index (χ1) is 10.3. The molecule has 0 bridgehead atoms. The van der Waals surface area contributed by atoms with Crippen molar-refractivity contribution in [1.82, 2.24) is 0 Å². The Morgan fingerprint density at radius 3 is 2.05 bits per heavy atom. The van der Waals surface area contributed by atoms with Crippen molar-refractivity contribution in [3.8, 4) is 5.75 Å². The first kappa shape index (κ1) is 17.8. The zero-order valence-corrected chi connectivity index (χ0v) is 13.5. The second kappa shape index (κ2) is 12.5. The van der Waals surface area contributed by atoms with Crippen LogP contribution in [0.1, 0.15) is 58.3 Å². The third kappa shape index (κ3) is 10.2. The Morgan fingerprint density at radius 1 is 0.762 bits per heavy atom. The predicted octanol–water partition coefficient (Wildman–Crippen LogP) is 4.80. The fourth-order valence-electron chi connectivity index (χ4n) is 2.22. The minimum Gasteiger partial charge on any atom is -0.491 e. The maximum Gasteiger partial charge on any atom is 0.119 e. The Morgan fingerprint density at radius 2 is 1.38 bits per heavy atom. The van der Waals surface area contributed by atoms with Crippen LogP contribution in [0.3, 0.4) is 0 Å². The summed E-state index contributed by atoms with van der Waals surface area (Å²) in [5.41, 5.74) is 6.37. The van der Waals surface area contributed by atoms with Crippen molar-refractivity contribution < 1.29 is 9.47 Å². The number of unbranched alkanes of at least 4 members (excludes halogenated alkanes) is 7. The minimum absolute atomic E-state index is 0.598. The fraction of sp³-hybridized carbons (Fsp3) is 0.667. The smallest absolute Gasteiger partial charge is 0.119 e. The average molecular weight is 293 g/mol. The zero-order valence-electron chi connectivity index (χ0n) is 13.5. The summed E-state index contributed by atoms with van der Waals surface area (Å²) in [4.78, 5) is 0. The number of nitrogen functional groups attached to an aromatic ring is 1. The topological polar surface area (TPSA) is 44.5 Å². The van der Waals surface area contributed by atoms with Crippen molar-refractivity contribution in [3.05, 3.63) is 24.3 Å². The van der Waals surface area contributed by atoms with Crippen molar-refractivity contribution >= 4 is 5.69 Å². The van der Waals surface area contributed by atoms with E-state index in [1.54, 1.807) is 0 Å². The third-order valence-corrected chi connectivity index (χ3v) is 3.52. The molecule has 1 aromatic rings. The molecule has 1 aromatic carbocycles. The number of hydrogen-bond donors (Lipinski definition) is 1. The second-order valence-electron chi connectivity index (χ2n) is 5.50. The van der Waals surface area contributed by atoms with Crippen LogP contribution in [-0.4, -0.2) is 19.8 Å². The van der Waals surface area contributed by atoms with Crippen LogP contribution in [0.4, 0.5) is 5.69 Å². The van der Waals surface area contributed by atoms with Gasteiger partial charge in [-0.15, -0.1) is 0 Å². The van der Waals surface area contributed by atoms with Crippen LogP contribution < -0.4 is 10.5 Å². The second-order valence-corrected chi connectivity index (χ2v) is 5.50. The molecule has 0 amide bonds. The van der Waals surface area contributed by atoms with Gasteiger partial charge in [0.15, 0.2) is 0 Å². The van der Waals surface area contributed by atoms with Crippen LogP contribution in [-0.2, 0) is 4.74 Å². The summed E-state index contributed by atoms with van der Waals surface area (Å²) in [6.07, 6.45) is 10.7. The molecule has 3 nitrogen and oxygen atoms in total. The summed E-state index contributed by atoms with van der Waals surface area (Å²) < 4.78 is 11.1. The summed E-state index contributed by atoms with van der Waals surface area (Å²) in [5.74, 6) is 0.847. The Hall–Kier alpha value is -1.22. The van der Waals surface area contributed by atoms with Crippen molar-refractivity contribution in [3.63, 3.8) is 0 Å². The van der Waals surface area contributed by atoms with Gasteiger partial charge in [-0.05, 0) is 30.7 Å². The van der Waals surface area contributed by atoms with Gasteiger partial charge in [0.1, 0.15) is 12.4 Å². The largest absolute Gasteiger partial charge is 0.491 e. The maximum absolute atomic E-state index is 5.61. The molecule has 0 radical (unpaired) electrons. The fourth-order valence-corrected chi connectivity index (χ4v) is 2.22. The lowest BCUT2D eigenvalue weighted by Gasteiger charge is -2.07. The third-order valence-electron chi connectivity index (χ3n) is 3.52. The minimum atomic E-state index is 0.598. The van der Waals surface area contributed by atoms with E-state index in [-0.39, 0.29) is 0 Å². The molecule has 0 spiro atoms. The summed E-state index contributed by atoms with van der Waals surface area (Å²) in [6.45, 7) is 4.36. The van der Waals surface area contributed by atoms with Crippen molar-refractivity contribution in [2.75, 3.05) is 25.6 Å². The van der Waals surface area contributed by atoms with Crippen LogP contribution in [0.25, 0.3) is 0 Å². The van der Waals surface area contributed by atoms with E-state index >= 15 is 0 Å². The highest BCUT2D eigenvalue weighted by Gasteiger charge is 1.95. The first-order valence-electron chi connectivity index (χ1n) is 8.39. The molecule has 0 saturated heterocycles. The van der Waals surface area contributed by atoms with Crippen molar-refractivity contribution in [2.24, 2.45) is 0 Å². The maximum atomic E-state index is 5.61. The monoisotopic (exact) mass is 293 g/mol. The van der Waals surface area contributed by atoms with Crippen molar-refractivity contribution in [1.29, 1.82) is 0 Å². The van der Waals surface area contributed by atoms with Gasteiger partial charge in [0.2, 0.25) is 0 Å². The molecule has 3 heteroatoms. The van der Waals surface area contributed by atoms with Crippen LogP contribution in [0.2, 0.25) is 0 Å². The Bertz CT molecular complexity index is 338. The number of ether oxygens (including phenoxy) is 2. The van der Waals surface area contributed by atoms with Gasteiger partial charge in [-0.3, -0.25) is 0 Å². The molecule has 120 valence electrons. The van der Waals surface area contributed by atoms with Gasteiger partial charge in [-0.2, -0.15) is 0 Å². The normalized spacial score (nSPS) is 10.7. The van der Waals surface area contributed by atoms with Crippen LogP contribution in [0.15, 0.2) is 24.3 Å². The number of benzene rings is 1. The molecular formula is C18H31NO2. The van der Waals surface area contributed by atoms with E-state index in [4.69, 9.17) is 15.2 Å². The van der Waals surface area contributed by atoms with Gasteiger partial charge in [0, 0.05) is 12.3 Å². The van der Waals surface area contributed by atoms with E-state index in [1.807, 2.05) is 24.3 Å². The molecule has 0 unspecified atom stereocenters. The Labute approximate surface area is 129 Å². The Balaban J connectivity index is 1.81. The summed E-state index contributed by atoms with van der Waals surface area (Å²) >= 11 is 0. The molecule has 0 heterocycles. The van der Waals surface area contributed by atoms with E-state index in [0.29, 0.717) is 13.2 Å². The molecule has 0 atom stereocenters. The molecule has 0 aliphatic heterocycles. The number of nitrogens with two attached hydrogens (primary N) is 1. The van der Waals surface area contributed by atoms with Crippen LogP contribution >= 0.6 is 0 Å². The summed E-state index contributed by atoms with van der Waals surface area (Å²) in [5, 5.41) is 0. The van der Waals surface area contributed by atoms with Crippen LogP contribution in [0.5, 0.6) is 5.75 Å². The van der Waals surface area contributed by atoms with E-state index in [9.17, 15) is 0 Å². The van der Waals surface area contributed by atoms with E-state index in [2.05, 4.69) is 6.92 Å². The lowest BCUT2D eigenvalue weighted by molar-refractivity contribution is 0.0971. The highest BCUT2D eigenvalue weighted by atomic mass is 16.5. The highest BCUT2D eigenvalue weighted by Crippen LogP contribution is 2.12. The quantitative estimate of drug-likeness (QED) is 0.419. The SMILES string of the molecule is CCCCCCCCCCOCCOc1ccc(N)cc1. The number of rotatable bonds is 13. The molecule has 2 N–H and O–H groups in total. The predicted molar refractivity (Wildman–Crippen MR) is 89.8 cm³/mol. The van der Waals surface area contributed by atoms with Gasteiger partial charge < -0.3 is 15.2 Å². The molecule has 0 aliphatic rings. The molecule has 21 heavy (non-hydrogen) atoms. The first-order valence-corrected chi connectivity index (χ1v) is 8.39. The summed E-state index contributed by atoms with van der Waals surface area (Å²) in [7, 11) is 0. The highest BCUT2D eigenvalue weighted by molar-refractivity contribution is 5.41. The van der Waals surface area contributed by atoms with Gasteiger partial charge in [0.25, 0.3) is 0 Å². The molecule has 0 aliphatic carbocycles. The Kier molecular flexibility index (Phi) is 10.6. The number of anilines is 1. The van der Waals surface area contributed by atoms with Gasteiger partial charge in [-0.25, -0.2) is 0 Å². The molecule has 0 saturated carbocycles. The van der Waals surface area contributed by atoms with E-state index in [0.717, 1.165) is 24.5 Å². The molecule has 0 aromatic heterocycles. The van der Waals surface area contributed by atoms with Gasteiger partial charge in [0.05, 0.1) is 6.61 Å². The summed E-state index contributed by atoms with van der Waals surface area (Å²) in [6, 6.07) is 7.45. The zero-order chi connectivity index (χ0) is 15.2. The van der Waals surface area contributed by atoms with E-state index < -0.39 is 0 Å². The van der Waals surface area contributed by atoms with Gasteiger partial charge >= 0.3 is 0 Å². The standard InChI is InChI=1S/C18H31NO2/c1-2-3-4-5-6-7-8-9-14-20-15-16-21-18-12-10-17(19)11-13-18/h10-13H,2-9,14-16,19H2,1H3. The molecular weight excluding hydrogens is 262 g/mol. The van der Waals surface area contributed by atoms with Crippen LogP contribution in [0, 0.1) is 0 Å². The van der Waals surface area contributed by atoms with E-state index in [1.165, 1.54) is 44.9 Å². The average Bonchev–Trinajstić information content (AvgIpc) is 2.50. The lowest BCUT2D eigenvalue weighted by Crippen LogP contribution is -2.07. The number of hydrogen-bond acceptors (Lipinski definition) is 3. The van der Waals surface area contributed by atoms with Crippen molar-refractivity contribution in [2.45, 2.75) is 58.3 Å². The molecule has 1 rings (SSSR count).